The third-order valence-corrected chi connectivity index (χ3v) is 3.91. The van der Waals surface area contributed by atoms with Crippen LogP contribution in [0.2, 0.25) is 0 Å². The zero-order valence-electron chi connectivity index (χ0n) is 13.4. The zero-order chi connectivity index (χ0) is 16.2. The molecule has 2 aromatic heterocycles. The lowest BCUT2D eigenvalue weighted by Gasteiger charge is -2.32. The maximum Gasteiger partial charge on any atom is 0.248 e. The number of hydrogen-bond acceptors (Lipinski definition) is 5. The van der Waals surface area contributed by atoms with Crippen molar-refractivity contribution >= 4 is 5.91 Å². The van der Waals surface area contributed by atoms with Crippen molar-refractivity contribution in [2.75, 3.05) is 26.3 Å². The smallest absolute Gasteiger partial charge is 0.248 e. The molecule has 0 bridgehead atoms. The van der Waals surface area contributed by atoms with Crippen molar-refractivity contribution in [3.63, 3.8) is 0 Å². The van der Waals surface area contributed by atoms with Crippen molar-refractivity contribution in [1.29, 1.82) is 0 Å². The second kappa shape index (κ2) is 6.93. The number of aromatic nitrogens is 4. The molecule has 3 heterocycles. The highest BCUT2D eigenvalue weighted by Crippen LogP contribution is 2.21. The van der Waals surface area contributed by atoms with Crippen LogP contribution in [0.15, 0.2) is 24.7 Å². The number of aryl methyl sites for hydroxylation is 2. The van der Waals surface area contributed by atoms with E-state index in [1.807, 2.05) is 26.4 Å². The Morgan fingerprint density at radius 3 is 3.00 bits per heavy atom. The molecule has 1 atom stereocenters. The van der Waals surface area contributed by atoms with Crippen LogP contribution in [-0.4, -0.2) is 56.7 Å². The lowest BCUT2D eigenvalue weighted by atomic mass is 10.1. The molecule has 0 N–H and O–H groups in total. The van der Waals surface area contributed by atoms with E-state index in [2.05, 4.69) is 10.2 Å². The summed E-state index contributed by atoms with van der Waals surface area (Å²) in [6.07, 6.45) is 5.27. The van der Waals surface area contributed by atoms with Crippen LogP contribution < -0.4 is 0 Å². The van der Waals surface area contributed by atoms with E-state index in [0.29, 0.717) is 26.3 Å². The largest absolute Gasteiger partial charge is 0.370 e. The number of rotatable bonds is 5. The number of amides is 1. The van der Waals surface area contributed by atoms with Crippen LogP contribution in [-0.2, 0) is 35.0 Å². The molecule has 0 spiro atoms. The standard InChI is InChI=1S/C15H21N5O3/c1-18-8-12(7-17-18)14-9-20(5-6-23-14)15(21)11-22-10-13-3-4-16-19(13)2/h3-4,7-8,14H,5-6,9-11H2,1-2H3/t14-/m0/s1. The normalized spacial score (nSPS) is 18.3. The van der Waals surface area contributed by atoms with E-state index >= 15 is 0 Å². The van der Waals surface area contributed by atoms with Gasteiger partial charge in [0.05, 0.1) is 31.6 Å². The van der Waals surface area contributed by atoms with Crippen LogP contribution in [0.25, 0.3) is 0 Å². The number of carbonyl (C=O) groups is 1. The third-order valence-electron chi connectivity index (χ3n) is 3.91. The fourth-order valence-corrected chi connectivity index (χ4v) is 2.56. The molecule has 2 aromatic rings. The van der Waals surface area contributed by atoms with Gasteiger partial charge in [0.2, 0.25) is 5.91 Å². The Morgan fingerprint density at radius 2 is 2.30 bits per heavy atom. The van der Waals surface area contributed by atoms with Gasteiger partial charge in [0.1, 0.15) is 12.7 Å². The minimum atomic E-state index is -0.126. The molecule has 0 saturated carbocycles. The summed E-state index contributed by atoms with van der Waals surface area (Å²) in [5.74, 6) is -0.0237. The number of nitrogens with zero attached hydrogens (tertiary/aromatic N) is 5. The fraction of sp³-hybridized carbons (Fsp3) is 0.533. The van der Waals surface area contributed by atoms with E-state index < -0.39 is 0 Å². The molecule has 1 fully saturated rings. The molecule has 8 nitrogen and oxygen atoms in total. The molecule has 1 amide bonds. The number of hydrogen-bond donors (Lipinski definition) is 0. The van der Waals surface area contributed by atoms with Gasteiger partial charge in [0.25, 0.3) is 0 Å². The van der Waals surface area contributed by atoms with Crippen LogP contribution in [0.4, 0.5) is 0 Å². The molecule has 3 rings (SSSR count). The monoisotopic (exact) mass is 319 g/mol. The number of morpholine rings is 1. The molecule has 0 aromatic carbocycles. The minimum absolute atomic E-state index is 0.0237. The molecule has 124 valence electrons. The van der Waals surface area contributed by atoms with Crippen molar-refractivity contribution in [2.45, 2.75) is 12.7 Å². The second-order valence-electron chi connectivity index (χ2n) is 5.59. The highest BCUT2D eigenvalue weighted by molar-refractivity contribution is 5.77. The van der Waals surface area contributed by atoms with Gasteiger partial charge in [-0.1, -0.05) is 0 Å². The maximum atomic E-state index is 12.3. The number of ether oxygens (including phenoxy) is 2. The van der Waals surface area contributed by atoms with Crippen molar-refractivity contribution in [2.24, 2.45) is 14.1 Å². The number of carbonyl (C=O) groups excluding carboxylic acids is 1. The molecular weight excluding hydrogens is 298 g/mol. The van der Waals surface area contributed by atoms with Crippen LogP contribution >= 0.6 is 0 Å². The molecular formula is C15H21N5O3. The van der Waals surface area contributed by atoms with Crippen molar-refractivity contribution in [1.82, 2.24) is 24.5 Å². The topological polar surface area (TPSA) is 74.4 Å². The summed E-state index contributed by atoms with van der Waals surface area (Å²) < 4.78 is 14.7. The van der Waals surface area contributed by atoms with Crippen LogP contribution in [0.1, 0.15) is 17.4 Å². The van der Waals surface area contributed by atoms with Crippen LogP contribution in [0.3, 0.4) is 0 Å². The first-order chi connectivity index (χ1) is 11.1. The Labute approximate surface area is 134 Å². The molecule has 1 saturated heterocycles. The van der Waals surface area contributed by atoms with E-state index in [9.17, 15) is 4.79 Å². The predicted octanol–water partition coefficient (Wildman–Crippen LogP) is 0.270. The van der Waals surface area contributed by atoms with Crippen LogP contribution in [0.5, 0.6) is 0 Å². The minimum Gasteiger partial charge on any atom is -0.370 e. The van der Waals surface area contributed by atoms with Gasteiger partial charge in [-0.3, -0.25) is 14.2 Å². The van der Waals surface area contributed by atoms with Gasteiger partial charge in [-0.05, 0) is 6.07 Å². The summed E-state index contributed by atoms with van der Waals surface area (Å²) in [5.41, 5.74) is 1.92. The molecule has 1 aliphatic rings. The Bertz CT molecular complexity index is 666. The van der Waals surface area contributed by atoms with E-state index in [4.69, 9.17) is 9.47 Å². The van der Waals surface area contributed by atoms with E-state index in [1.165, 1.54) is 0 Å². The summed E-state index contributed by atoms with van der Waals surface area (Å²) in [7, 11) is 3.71. The summed E-state index contributed by atoms with van der Waals surface area (Å²) in [6, 6.07) is 1.87. The van der Waals surface area contributed by atoms with Crippen molar-refractivity contribution in [3.05, 3.63) is 35.9 Å². The average molecular weight is 319 g/mol. The third kappa shape index (κ3) is 3.77. The van der Waals surface area contributed by atoms with E-state index in [0.717, 1.165) is 11.3 Å². The lowest BCUT2D eigenvalue weighted by molar-refractivity contribution is -0.144. The molecule has 1 aliphatic heterocycles. The summed E-state index contributed by atoms with van der Waals surface area (Å²) in [6.45, 7) is 2.07. The average Bonchev–Trinajstić information content (AvgIpc) is 3.16. The molecule has 0 unspecified atom stereocenters. The first-order valence-corrected chi connectivity index (χ1v) is 7.56. The Hall–Kier alpha value is -2.19. The highest BCUT2D eigenvalue weighted by atomic mass is 16.5. The van der Waals surface area contributed by atoms with Crippen molar-refractivity contribution < 1.29 is 14.3 Å². The predicted molar refractivity (Wildman–Crippen MR) is 81.3 cm³/mol. The van der Waals surface area contributed by atoms with Gasteiger partial charge in [-0.2, -0.15) is 10.2 Å². The summed E-state index contributed by atoms with van der Waals surface area (Å²) in [4.78, 5) is 14.1. The summed E-state index contributed by atoms with van der Waals surface area (Å²) >= 11 is 0. The zero-order valence-corrected chi connectivity index (χ0v) is 13.4. The Morgan fingerprint density at radius 1 is 1.43 bits per heavy atom. The van der Waals surface area contributed by atoms with Crippen LogP contribution in [0, 0.1) is 0 Å². The van der Waals surface area contributed by atoms with Gasteiger partial charge >= 0.3 is 0 Å². The first-order valence-electron chi connectivity index (χ1n) is 7.56. The van der Waals surface area contributed by atoms with Gasteiger partial charge in [0.15, 0.2) is 0 Å². The van der Waals surface area contributed by atoms with E-state index in [1.54, 1.807) is 26.7 Å². The van der Waals surface area contributed by atoms with E-state index in [-0.39, 0.29) is 18.6 Å². The molecule has 0 radical (unpaired) electrons. The lowest BCUT2D eigenvalue weighted by Crippen LogP contribution is -2.43. The molecule has 23 heavy (non-hydrogen) atoms. The van der Waals surface area contributed by atoms with Gasteiger partial charge < -0.3 is 14.4 Å². The van der Waals surface area contributed by atoms with Gasteiger partial charge in [0, 0.05) is 38.6 Å². The maximum absolute atomic E-state index is 12.3. The first kappa shape index (κ1) is 15.7. The summed E-state index contributed by atoms with van der Waals surface area (Å²) in [5, 5.41) is 8.21. The Kier molecular flexibility index (Phi) is 4.73. The second-order valence-corrected chi connectivity index (χ2v) is 5.59. The highest BCUT2D eigenvalue weighted by Gasteiger charge is 2.26. The molecule has 0 aliphatic carbocycles. The van der Waals surface area contributed by atoms with Gasteiger partial charge in [-0.25, -0.2) is 0 Å². The Balaban J connectivity index is 1.50. The van der Waals surface area contributed by atoms with Crippen molar-refractivity contribution in [3.8, 4) is 0 Å². The quantitative estimate of drug-likeness (QED) is 0.791. The molecule has 8 heteroatoms. The van der Waals surface area contributed by atoms with Gasteiger partial charge in [-0.15, -0.1) is 0 Å². The SMILES string of the molecule is Cn1cc([C@@H]2CN(C(=O)COCc3ccnn3C)CCO2)cn1. The fourth-order valence-electron chi connectivity index (χ4n) is 2.56.